The number of benzene rings is 1. The SMILES string of the molecule is CCCC(Br)CNC(=O)c1ccc(F)c(OC)c1. The molecule has 1 aromatic carbocycles. The lowest BCUT2D eigenvalue weighted by molar-refractivity contribution is 0.0953. The number of carbonyl (C=O) groups is 1. The number of nitrogens with one attached hydrogen (secondary N) is 1. The summed E-state index contributed by atoms with van der Waals surface area (Å²) in [7, 11) is 1.37. The molecule has 0 aliphatic carbocycles. The van der Waals surface area contributed by atoms with E-state index in [1.807, 2.05) is 0 Å². The van der Waals surface area contributed by atoms with Crippen molar-refractivity contribution < 1.29 is 13.9 Å². The van der Waals surface area contributed by atoms with E-state index in [2.05, 4.69) is 28.2 Å². The molecule has 1 unspecified atom stereocenters. The van der Waals surface area contributed by atoms with Crippen molar-refractivity contribution in [1.29, 1.82) is 0 Å². The van der Waals surface area contributed by atoms with E-state index in [-0.39, 0.29) is 16.5 Å². The Morgan fingerprint density at radius 1 is 1.56 bits per heavy atom. The van der Waals surface area contributed by atoms with Crippen LogP contribution in [0.5, 0.6) is 5.75 Å². The lowest BCUT2D eigenvalue weighted by atomic mass is 10.2. The predicted molar refractivity (Wildman–Crippen MR) is 72.9 cm³/mol. The number of halogens is 2. The van der Waals surface area contributed by atoms with E-state index in [1.165, 1.54) is 25.3 Å². The molecule has 3 nitrogen and oxygen atoms in total. The number of alkyl halides is 1. The maximum absolute atomic E-state index is 13.2. The van der Waals surface area contributed by atoms with Gasteiger partial charge in [0.25, 0.3) is 5.91 Å². The van der Waals surface area contributed by atoms with Crippen LogP contribution in [0.3, 0.4) is 0 Å². The molecule has 5 heteroatoms. The first-order valence-corrected chi connectivity index (χ1v) is 6.75. The van der Waals surface area contributed by atoms with Gasteiger partial charge in [-0.2, -0.15) is 0 Å². The van der Waals surface area contributed by atoms with Gasteiger partial charge in [0.05, 0.1) is 7.11 Å². The average Bonchev–Trinajstić information content (AvgIpc) is 2.37. The quantitative estimate of drug-likeness (QED) is 0.819. The van der Waals surface area contributed by atoms with Crippen molar-refractivity contribution >= 4 is 21.8 Å². The smallest absolute Gasteiger partial charge is 0.251 e. The minimum Gasteiger partial charge on any atom is -0.494 e. The monoisotopic (exact) mass is 317 g/mol. The third-order valence-corrected chi connectivity index (χ3v) is 3.28. The molecule has 1 amide bonds. The number of rotatable bonds is 6. The van der Waals surface area contributed by atoms with Crippen LogP contribution >= 0.6 is 15.9 Å². The molecule has 0 aromatic heterocycles. The zero-order chi connectivity index (χ0) is 13.5. The van der Waals surface area contributed by atoms with Crippen LogP contribution in [0.4, 0.5) is 4.39 Å². The molecule has 0 aliphatic heterocycles. The van der Waals surface area contributed by atoms with Crippen molar-refractivity contribution in [3.8, 4) is 5.75 Å². The van der Waals surface area contributed by atoms with Crippen LogP contribution in [0.25, 0.3) is 0 Å². The summed E-state index contributed by atoms with van der Waals surface area (Å²) in [4.78, 5) is 12.1. The maximum atomic E-state index is 13.2. The van der Waals surface area contributed by atoms with Crippen LogP contribution in [0, 0.1) is 5.82 Å². The van der Waals surface area contributed by atoms with E-state index in [9.17, 15) is 9.18 Å². The van der Waals surface area contributed by atoms with Gasteiger partial charge in [0.1, 0.15) is 0 Å². The fourth-order valence-corrected chi connectivity index (χ4v) is 2.14. The lowest BCUT2D eigenvalue weighted by Gasteiger charge is -2.10. The maximum Gasteiger partial charge on any atom is 0.251 e. The third kappa shape index (κ3) is 4.29. The molecule has 0 bridgehead atoms. The first kappa shape index (κ1) is 15.0. The van der Waals surface area contributed by atoms with Crippen LogP contribution in [0.1, 0.15) is 30.1 Å². The van der Waals surface area contributed by atoms with Crippen LogP contribution in [0.15, 0.2) is 18.2 Å². The van der Waals surface area contributed by atoms with Gasteiger partial charge in [0.15, 0.2) is 11.6 Å². The van der Waals surface area contributed by atoms with Crippen LogP contribution < -0.4 is 10.1 Å². The summed E-state index contributed by atoms with van der Waals surface area (Å²) in [5.74, 6) is -0.626. The van der Waals surface area contributed by atoms with E-state index in [1.54, 1.807) is 0 Å². The number of hydrogen-bond donors (Lipinski definition) is 1. The minimum atomic E-state index is -0.474. The second-order valence-corrected chi connectivity index (χ2v) is 5.24. The molecule has 0 saturated carbocycles. The van der Waals surface area contributed by atoms with Crippen molar-refractivity contribution in [2.75, 3.05) is 13.7 Å². The van der Waals surface area contributed by atoms with E-state index in [4.69, 9.17) is 4.74 Å². The second-order valence-electron chi connectivity index (χ2n) is 3.95. The summed E-state index contributed by atoms with van der Waals surface area (Å²) < 4.78 is 18.0. The average molecular weight is 318 g/mol. The Bertz CT molecular complexity index is 412. The summed E-state index contributed by atoms with van der Waals surface area (Å²) in [6, 6.07) is 4.06. The molecule has 0 fully saturated rings. The Morgan fingerprint density at radius 2 is 2.28 bits per heavy atom. The molecule has 0 saturated heterocycles. The van der Waals surface area contributed by atoms with Crippen LogP contribution in [0.2, 0.25) is 0 Å². The Hall–Kier alpha value is -1.10. The fourth-order valence-electron chi connectivity index (χ4n) is 1.52. The molecular weight excluding hydrogens is 301 g/mol. The highest BCUT2D eigenvalue weighted by atomic mass is 79.9. The number of ether oxygens (including phenoxy) is 1. The standard InChI is InChI=1S/C13H17BrFNO2/c1-3-4-10(14)8-16-13(17)9-5-6-11(15)12(7-9)18-2/h5-7,10H,3-4,8H2,1-2H3,(H,16,17). The van der Waals surface area contributed by atoms with Crippen molar-refractivity contribution in [2.24, 2.45) is 0 Å². The summed E-state index contributed by atoms with van der Waals surface area (Å²) >= 11 is 3.48. The molecule has 0 aliphatic rings. The second kappa shape index (κ2) is 7.36. The van der Waals surface area contributed by atoms with E-state index >= 15 is 0 Å². The van der Waals surface area contributed by atoms with Gasteiger partial charge in [0.2, 0.25) is 0 Å². The molecule has 1 N–H and O–H groups in total. The van der Waals surface area contributed by atoms with Gasteiger partial charge in [-0.05, 0) is 24.6 Å². The van der Waals surface area contributed by atoms with E-state index in [0.717, 1.165) is 12.8 Å². The zero-order valence-electron chi connectivity index (χ0n) is 10.5. The lowest BCUT2D eigenvalue weighted by Crippen LogP contribution is -2.29. The molecule has 0 heterocycles. The van der Waals surface area contributed by atoms with Crippen molar-refractivity contribution in [1.82, 2.24) is 5.32 Å². The Labute approximate surface area is 115 Å². The first-order valence-electron chi connectivity index (χ1n) is 5.84. The Kier molecular flexibility index (Phi) is 6.12. The van der Waals surface area contributed by atoms with Gasteiger partial charge in [-0.1, -0.05) is 29.3 Å². The predicted octanol–water partition coefficient (Wildman–Crippen LogP) is 3.13. The summed E-state index contributed by atoms with van der Waals surface area (Å²) in [6.07, 6.45) is 2.04. The molecule has 1 rings (SSSR count). The molecule has 0 radical (unpaired) electrons. The Balaban J connectivity index is 2.61. The fraction of sp³-hybridized carbons (Fsp3) is 0.462. The molecule has 18 heavy (non-hydrogen) atoms. The van der Waals surface area contributed by atoms with Gasteiger partial charge >= 0.3 is 0 Å². The van der Waals surface area contributed by atoms with Gasteiger partial charge < -0.3 is 10.1 Å². The molecule has 100 valence electrons. The summed E-state index contributed by atoms with van der Waals surface area (Å²) in [5, 5.41) is 2.79. The minimum absolute atomic E-state index is 0.0756. The van der Waals surface area contributed by atoms with Gasteiger partial charge in [-0.25, -0.2) is 4.39 Å². The molecule has 1 atom stereocenters. The first-order chi connectivity index (χ1) is 8.58. The largest absolute Gasteiger partial charge is 0.494 e. The van der Waals surface area contributed by atoms with E-state index < -0.39 is 5.82 Å². The van der Waals surface area contributed by atoms with E-state index in [0.29, 0.717) is 12.1 Å². The van der Waals surface area contributed by atoms with Crippen LogP contribution in [-0.2, 0) is 0 Å². The zero-order valence-corrected chi connectivity index (χ0v) is 12.1. The number of methoxy groups -OCH3 is 1. The Morgan fingerprint density at radius 3 is 2.89 bits per heavy atom. The van der Waals surface area contributed by atoms with Crippen molar-refractivity contribution in [3.63, 3.8) is 0 Å². The summed E-state index contributed by atoms with van der Waals surface area (Å²) in [5.41, 5.74) is 0.393. The van der Waals surface area contributed by atoms with Gasteiger partial charge in [-0.15, -0.1) is 0 Å². The van der Waals surface area contributed by atoms with Gasteiger partial charge in [-0.3, -0.25) is 4.79 Å². The normalized spacial score (nSPS) is 12.0. The summed E-state index contributed by atoms with van der Waals surface area (Å²) in [6.45, 7) is 2.63. The van der Waals surface area contributed by atoms with Crippen molar-refractivity contribution in [3.05, 3.63) is 29.6 Å². The highest BCUT2D eigenvalue weighted by Crippen LogP contribution is 2.18. The molecule has 1 aromatic rings. The van der Waals surface area contributed by atoms with Crippen molar-refractivity contribution in [2.45, 2.75) is 24.6 Å². The van der Waals surface area contributed by atoms with Gasteiger partial charge in [0, 0.05) is 16.9 Å². The number of carbonyl (C=O) groups excluding carboxylic acids is 1. The number of amides is 1. The van der Waals surface area contributed by atoms with Crippen LogP contribution in [-0.4, -0.2) is 24.4 Å². The highest BCUT2D eigenvalue weighted by Gasteiger charge is 2.11. The highest BCUT2D eigenvalue weighted by molar-refractivity contribution is 9.09. The molecule has 0 spiro atoms. The topological polar surface area (TPSA) is 38.3 Å². The molecular formula is C13H17BrFNO2. The third-order valence-electron chi connectivity index (χ3n) is 2.50. The number of hydrogen-bond acceptors (Lipinski definition) is 2.